The van der Waals surface area contributed by atoms with Gasteiger partial charge in [0.15, 0.2) is 16.6 Å². The summed E-state index contributed by atoms with van der Waals surface area (Å²) < 4.78 is 54.7. The second kappa shape index (κ2) is 14.4. The van der Waals surface area contributed by atoms with E-state index in [2.05, 4.69) is 86.6 Å². The molecule has 1 fully saturated rings. The Bertz CT molecular complexity index is 1570. The van der Waals surface area contributed by atoms with E-state index in [1.54, 1.807) is 0 Å². The van der Waals surface area contributed by atoms with Crippen LogP contribution in [0.15, 0.2) is 34.1 Å². The van der Waals surface area contributed by atoms with Crippen LogP contribution in [0.1, 0.15) is 130 Å². The summed E-state index contributed by atoms with van der Waals surface area (Å²) in [6.07, 6.45) is 0.637. The number of ether oxygens (including phenoxy) is 1. The van der Waals surface area contributed by atoms with Gasteiger partial charge < -0.3 is 17.8 Å². The maximum Gasteiger partial charge on any atom is 0.353 e. The molecule has 272 valence electrons. The number of nitrogens with zero attached hydrogens (tertiary/aromatic N) is 2. The number of aromatic nitrogens is 2. The van der Waals surface area contributed by atoms with Crippen LogP contribution in [0.4, 0.5) is 0 Å². The molecule has 3 atom stereocenters. The fourth-order valence-electron chi connectivity index (χ4n) is 5.20. The molecule has 3 rings (SSSR count). The van der Waals surface area contributed by atoms with Crippen molar-refractivity contribution in [2.45, 2.75) is 167 Å². The fourth-order valence-corrected chi connectivity index (χ4v) is 9.14. The van der Waals surface area contributed by atoms with E-state index in [4.69, 9.17) is 17.8 Å². The van der Waals surface area contributed by atoms with Gasteiger partial charge in [0.25, 0.3) is 0 Å². The minimum atomic E-state index is -4.31. The second-order valence-corrected chi connectivity index (χ2v) is 28.4. The predicted molar refractivity (Wildman–Crippen MR) is 199 cm³/mol. The average Bonchev–Trinajstić information content (AvgIpc) is 3.31. The normalized spacial score (nSPS) is 19.9. The highest BCUT2D eigenvalue weighted by molar-refractivity contribution is 7.87. The largest absolute Gasteiger partial charge is 0.414 e. The number of hydrogen-bond donors (Lipinski definition) is 0. The van der Waals surface area contributed by atoms with Gasteiger partial charge in [-0.05, 0) is 70.7 Å². The summed E-state index contributed by atoms with van der Waals surface area (Å²) in [6.45, 7) is 34.4. The Kier molecular flexibility index (Phi) is 12.2. The van der Waals surface area contributed by atoms with Gasteiger partial charge in [0.2, 0.25) is 5.88 Å². The van der Waals surface area contributed by atoms with E-state index in [1.165, 1.54) is 16.8 Å². The van der Waals surface area contributed by atoms with Gasteiger partial charge in [-0.15, -0.1) is 0 Å². The zero-order chi connectivity index (χ0) is 36.8. The summed E-state index contributed by atoms with van der Waals surface area (Å²) in [5.74, 6) is -0.177. The highest BCUT2D eigenvalue weighted by Gasteiger charge is 2.47. The molecule has 0 spiro atoms. The van der Waals surface area contributed by atoms with Crippen LogP contribution in [-0.2, 0) is 23.7 Å². The molecule has 1 aromatic heterocycles. The van der Waals surface area contributed by atoms with Gasteiger partial charge in [-0.3, -0.25) is 4.57 Å². The van der Waals surface area contributed by atoms with E-state index in [-0.39, 0.29) is 50.8 Å². The van der Waals surface area contributed by atoms with Crippen molar-refractivity contribution in [1.29, 1.82) is 0 Å². The fraction of sp³-hybridized carbons (Fsp3) is 0.722. The first-order valence-corrected chi connectivity index (χ1v) is 24.6. The molecule has 0 aliphatic carbocycles. The third kappa shape index (κ3) is 9.09. The van der Waals surface area contributed by atoms with Crippen LogP contribution in [0.3, 0.4) is 0 Å². The van der Waals surface area contributed by atoms with E-state index in [1.807, 2.05) is 39.8 Å². The van der Waals surface area contributed by atoms with Gasteiger partial charge >= 0.3 is 15.8 Å². The average molecular weight is 723 g/mol. The Morgan fingerprint density at radius 2 is 1.42 bits per heavy atom. The monoisotopic (exact) mass is 722 g/mol. The Labute approximate surface area is 292 Å². The second-order valence-electron chi connectivity index (χ2n) is 17.3. The predicted octanol–water partition coefficient (Wildman–Crippen LogP) is 9.08. The van der Waals surface area contributed by atoms with E-state index in [9.17, 15) is 13.2 Å². The molecular weight excluding hydrogens is 661 g/mol. The van der Waals surface area contributed by atoms with Crippen LogP contribution in [0.25, 0.3) is 0 Å². The topological polar surface area (TPSA) is 106 Å². The number of benzene rings is 1. The zero-order valence-electron chi connectivity index (χ0n) is 32.3. The Morgan fingerprint density at radius 1 is 0.896 bits per heavy atom. The Balaban J connectivity index is 1.95. The minimum absolute atomic E-state index is 0.0151. The SMILES string of the molecule is CC(C)c1cc(C(C)C)c(S(=O)(=O)Oc2ccn([C@H]3C[C@H](O[Si](C)(C)C(C)(C)C)[C@@H](CO[Si](C)(C)C(C)(C)C)O3)c(=O)n2)c(C(C)C)c1. The quantitative estimate of drug-likeness (QED) is 0.158. The van der Waals surface area contributed by atoms with E-state index >= 15 is 0 Å². The molecule has 0 saturated carbocycles. The van der Waals surface area contributed by atoms with E-state index < -0.39 is 38.7 Å². The summed E-state index contributed by atoms with van der Waals surface area (Å²) >= 11 is 0. The maximum atomic E-state index is 13.9. The molecule has 0 N–H and O–H groups in total. The molecule has 9 nitrogen and oxygen atoms in total. The molecule has 1 saturated heterocycles. The zero-order valence-corrected chi connectivity index (χ0v) is 35.2. The lowest BCUT2D eigenvalue weighted by molar-refractivity contribution is -0.0412. The first kappa shape index (κ1) is 40.6. The molecule has 12 heteroatoms. The van der Waals surface area contributed by atoms with Crippen molar-refractivity contribution in [3.05, 3.63) is 51.6 Å². The van der Waals surface area contributed by atoms with Crippen molar-refractivity contribution in [1.82, 2.24) is 9.55 Å². The molecule has 0 radical (unpaired) electrons. The third-order valence-electron chi connectivity index (χ3n) is 10.5. The molecule has 48 heavy (non-hydrogen) atoms. The molecule has 0 bridgehead atoms. The highest BCUT2D eigenvalue weighted by atomic mass is 32.2. The van der Waals surface area contributed by atoms with Crippen molar-refractivity contribution in [3.8, 4) is 5.88 Å². The molecular formula is C36H62N2O7SSi2. The smallest absolute Gasteiger partial charge is 0.353 e. The molecule has 1 aromatic carbocycles. The molecule has 2 heterocycles. The summed E-state index contributed by atoms with van der Waals surface area (Å²) in [4.78, 5) is 17.7. The summed E-state index contributed by atoms with van der Waals surface area (Å²) in [5, 5.41) is 0.0128. The van der Waals surface area contributed by atoms with Crippen molar-refractivity contribution in [3.63, 3.8) is 0 Å². The lowest BCUT2D eigenvalue weighted by Gasteiger charge is -2.40. The van der Waals surface area contributed by atoms with Crippen LogP contribution in [0.2, 0.25) is 36.3 Å². The lowest BCUT2D eigenvalue weighted by atomic mass is 9.89. The number of rotatable bonds is 12. The third-order valence-corrected chi connectivity index (χ3v) is 20.9. The van der Waals surface area contributed by atoms with Gasteiger partial charge in [-0.1, -0.05) is 95.2 Å². The van der Waals surface area contributed by atoms with E-state index in [0.29, 0.717) is 24.2 Å². The lowest BCUT2D eigenvalue weighted by Crippen LogP contribution is -2.48. The first-order valence-electron chi connectivity index (χ1n) is 17.4. The molecule has 1 aliphatic rings. The Morgan fingerprint density at radius 3 is 1.85 bits per heavy atom. The number of hydrogen-bond acceptors (Lipinski definition) is 8. The minimum Gasteiger partial charge on any atom is -0.414 e. The van der Waals surface area contributed by atoms with Crippen molar-refractivity contribution in [2.24, 2.45) is 0 Å². The van der Waals surface area contributed by atoms with Crippen molar-refractivity contribution in [2.75, 3.05) is 6.61 Å². The molecule has 1 aliphatic heterocycles. The van der Waals surface area contributed by atoms with Crippen molar-refractivity contribution >= 4 is 26.8 Å². The van der Waals surface area contributed by atoms with E-state index in [0.717, 1.165) is 5.56 Å². The van der Waals surface area contributed by atoms with Crippen LogP contribution in [0, 0.1) is 0 Å². The van der Waals surface area contributed by atoms with Gasteiger partial charge in [0.05, 0.1) is 12.7 Å². The maximum absolute atomic E-state index is 13.9. The molecule has 0 amide bonds. The standard InChI is InChI=1S/C36H62N2O7SSi2/c1-23(2)26-19-27(24(3)4)33(28(20-26)25(5)6)46(40,41)44-31-17-18-38(34(39)37-31)32-21-29(45-48(15,16)36(10,11)12)30(43-32)22-42-47(13,14)35(7,8)9/h17-20,23-25,29-30,32H,21-22H2,1-16H3/t29-,30+,32+/m0/s1. The summed E-state index contributed by atoms with van der Waals surface area (Å²) in [7, 11) is -8.57. The van der Waals surface area contributed by atoms with Gasteiger partial charge in [-0.25, -0.2) is 4.79 Å². The van der Waals surface area contributed by atoms with Crippen molar-refractivity contribution < 1.29 is 26.2 Å². The highest BCUT2D eigenvalue weighted by Crippen LogP contribution is 2.42. The van der Waals surface area contributed by atoms with Crippen LogP contribution in [-0.4, -0.2) is 53.4 Å². The summed E-state index contributed by atoms with van der Waals surface area (Å²) in [6, 6.07) is 5.32. The van der Waals surface area contributed by atoms with Crippen LogP contribution >= 0.6 is 0 Å². The van der Waals surface area contributed by atoms with Gasteiger partial charge in [0, 0.05) is 18.7 Å². The van der Waals surface area contributed by atoms with Gasteiger partial charge in [-0.2, -0.15) is 13.4 Å². The Hall–Kier alpha value is -1.84. The molecule has 0 unspecified atom stereocenters. The first-order chi connectivity index (χ1) is 21.7. The summed E-state index contributed by atoms with van der Waals surface area (Å²) in [5.41, 5.74) is 1.79. The van der Waals surface area contributed by atoms with Gasteiger partial charge in [0.1, 0.15) is 17.2 Å². The van der Waals surface area contributed by atoms with Crippen LogP contribution < -0.4 is 9.87 Å². The molecule has 2 aromatic rings. The van der Waals surface area contributed by atoms with Crippen LogP contribution in [0.5, 0.6) is 5.88 Å².